The lowest BCUT2D eigenvalue weighted by molar-refractivity contribution is -0.137. The first-order valence-corrected chi connectivity index (χ1v) is 7.43. The molecule has 124 valence electrons. The molecule has 0 spiro atoms. The van der Waals surface area contributed by atoms with Crippen LogP contribution in [0.3, 0.4) is 0 Å². The van der Waals surface area contributed by atoms with E-state index in [-0.39, 0.29) is 5.60 Å². The predicted octanol–water partition coefficient (Wildman–Crippen LogP) is 5.06. The van der Waals surface area contributed by atoms with Crippen LogP contribution in [-0.4, -0.2) is 10.6 Å². The van der Waals surface area contributed by atoms with Gasteiger partial charge in [0, 0.05) is 18.0 Å². The molecule has 0 aliphatic carbocycles. The highest BCUT2D eigenvalue weighted by atomic mass is 19.4. The average Bonchev–Trinajstić information content (AvgIpc) is 2.43. The van der Waals surface area contributed by atoms with E-state index in [2.05, 4.69) is 4.98 Å². The highest BCUT2D eigenvalue weighted by Gasteiger charge is 2.29. The van der Waals surface area contributed by atoms with Crippen molar-refractivity contribution in [3.8, 4) is 5.75 Å². The Hall–Kier alpha value is -2.04. The zero-order chi connectivity index (χ0) is 17.1. The predicted molar refractivity (Wildman–Crippen MR) is 83.5 cm³/mol. The van der Waals surface area contributed by atoms with E-state index >= 15 is 0 Å². The number of aromatic nitrogens is 1. The van der Waals surface area contributed by atoms with Crippen molar-refractivity contribution in [3.05, 3.63) is 59.4 Å². The number of ether oxygens (including phenoxy) is 1. The number of aryl methyl sites for hydroxylation is 2. The van der Waals surface area contributed by atoms with Gasteiger partial charge in [-0.25, -0.2) is 0 Å². The zero-order valence-electron chi connectivity index (χ0n) is 13.4. The number of hydrogen-bond acceptors (Lipinski definition) is 2. The number of pyridine rings is 1. The third-order valence-electron chi connectivity index (χ3n) is 3.16. The average molecular weight is 323 g/mol. The molecule has 0 N–H and O–H groups in total. The topological polar surface area (TPSA) is 22.1 Å². The summed E-state index contributed by atoms with van der Waals surface area (Å²) < 4.78 is 43.4. The molecule has 0 unspecified atom stereocenters. The number of alkyl halides is 3. The van der Waals surface area contributed by atoms with Gasteiger partial charge in [0.2, 0.25) is 0 Å². The summed E-state index contributed by atoms with van der Waals surface area (Å²) in [5.74, 6) is 0.745. The van der Waals surface area contributed by atoms with Crippen LogP contribution in [0, 0.1) is 0 Å². The lowest BCUT2D eigenvalue weighted by atomic mass is 10.1. The van der Waals surface area contributed by atoms with E-state index in [9.17, 15) is 13.2 Å². The Balaban J connectivity index is 1.99. The fourth-order valence-corrected chi connectivity index (χ4v) is 2.14. The maximum Gasteiger partial charge on any atom is 0.416 e. The van der Waals surface area contributed by atoms with E-state index < -0.39 is 11.7 Å². The second-order valence-electron chi connectivity index (χ2n) is 6.39. The lowest BCUT2D eigenvalue weighted by Gasteiger charge is -2.21. The third kappa shape index (κ3) is 5.58. The van der Waals surface area contributed by atoms with Crippen molar-refractivity contribution in [2.75, 3.05) is 0 Å². The molecule has 1 heterocycles. The van der Waals surface area contributed by atoms with Gasteiger partial charge in [0.05, 0.1) is 5.56 Å². The highest BCUT2D eigenvalue weighted by molar-refractivity contribution is 5.27. The number of rotatable bonds is 4. The van der Waals surface area contributed by atoms with E-state index in [0.717, 1.165) is 29.1 Å². The monoisotopic (exact) mass is 323 g/mol. The largest absolute Gasteiger partial charge is 0.488 e. The van der Waals surface area contributed by atoms with Crippen molar-refractivity contribution in [2.24, 2.45) is 0 Å². The first-order valence-electron chi connectivity index (χ1n) is 7.43. The van der Waals surface area contributed by atoms with Crippen LogP contribution in [0.5, 0.6) is 5.75 Å². The van der Waals surface area contributed by atoms with Crippen LogP contribution in [0.15, 0.2) is 42.6 Å². The second-order valence-corrected chi connectivity index (χ2v) is 6.39. The van der Waals surface area contributed by atoms with Gasteiger partial charge in [-0.1, -0.05) is 12.1 Å². The van der Waals surface area contributed by atoms with E-state index in [1.54, 1.807) is 12.3 Å². The minimum absolute atomic E-state index is 0.286. The minimum Gasteiger partial charge on any atom is -0.488 e. The molecule has 0 radical (unpaired) electrons. The summed E-state index contributed by atoms with van der Waals surface area (Å²) in [6.07, 6.45) is -1.33. The van der Waals surface area contributed by atoms with Crippen molar-refractivity contribution in [3.63, 3.8) is 0 Å². The van der Waals surface area contributed by atoms with Crippen LogP contribution < -0.4 is 4.74 Å². The molecule has 5 heteroatoms. The van der Waals surface area contributed by atoms with Gasteiger partial charge < -0.3 is 4.74 Å². The molecule has 0 aliphatic heterocycles. The van der Waals surface area contributed by atoms with Crippen molar-refractivity contribution < 1.29 is 17.9 Å². The Bertz CT molecular complexity index is 643. The Morgan fingerprint density at radius 2 is 1.61 bits per heavy atom. The number of hydrogen-bond donors (Lipinski definition) is 0. The van der Waals surface area contributed by atoms with Gasteiger partial charge in [-0.2, -0.15) is 13.2 Å². The second kappa shape index (κ2) is 6.60. The first kappa shape index (κ1) is 17.3. The lowest BCUT2D eigenvalue weighted by Crippen LogP contribution is -2.23. The van der Waals surface area contributed by atoms with Crippen LogP contribution >= 0.6 is 0 Å². The van der Waals surface area contributed by atoms with Crippen LogP contribution in [0.4, 0.5) is 13.2 Å². The van der Waals surface area contributed by atoms with Crippen molar-refractivity contribution >= 4 is 0 Å². The molecular formula is C18H20F3NO. The van der Waals surface area contributed by atoms with Gasteiger partial charge in [0.1, 0.15) is 11.4 Å². The molecule has 2 aromatic rings. The van der Waals surface area contributed by atoms with E-state index in [1.807, 2.05) is 26.8 Å². The molecule has 0 saturated carbocycles. The molecule has 2 nitrogen and oxygen atoms in total. The molecule has 0 aliphatic rings. The van der Waals surface area contributed by atoms with E-state index in [0.29, 0.717) is 12.8 Å². The molecule has 0 bridgehead atoms. The summed E-state index contributed by atoms with van der Waals surface area (Å²) in [7, 11) is 0. The van der Waals surface area contributed by atoms with Gasteiger partial charge in [0.15, 0.2) is 0 Å². The SMILES string of the molecule is CC(C)(C)Oc1ccnc(CCc2ccc(C(F)(F)F)cc2)c1. The van der Waals surface area contributed by atoms with Gasteiger partial charge in [0.25, 0.3) is 0 Å². The fraction of sp³-hybridized carbons (Fsp3) is 0.389. The summed E-state index contributed by atoms with van der Waals surface area (Å²) in [5.41, 5.74) is 0.792. The molecule has 0 saturated heterocycles. The first-order chi connectivity index (χ1) is 10.6. The number of nitrogens with zero attached hydrogens (tertiary/aromatic N) is 1. The van der Waals surface area contributed by atoms with Crippen molar-refractivity contribution in [1.29, 1.82) is 0 Å². The highest BCUT2D eigenvalue weighted by Crippen LogP contribution is 2.29. The molecule has 0 fully saturated rings. The molecule has 2 rings (SSSR count). The Morgan fingerprint density at radius 3 is 2.17 bits per heavy atom. The quantitative estimate of drug-likeness (QED) is 0.784. The van der Waals surface area contributed by atoms with Gasteiger partial charge in [-0.15, -0.1) is 0 Å². The number of benzene rings is 1. The summed E-state index contributed by atoms with van der Waals surface area (Å²) >= 11 is 0. The van der Waals surface area contributed by atoms with Crippen LogP contribution in [0.25, 0.3) is 0 Å². The normalized spacial score (nSPS) is 12.3. The molecular weight excluding hydrogens is 303 g/mol. The molecule has 23 heavy (non-hydrogen) atoms. The molecule has 1 aromatic heterocycles. The smallest absolute Gasteiger partial charge is 0.416 e. The molecule has 1 aromatic carbocycles. The van der Waals surface area contributed by atoms with Crippen LogP contribution in [-0.2, 0) is 19.0 Å². The molecule has 0 amide bonds. The van der Waals surface area contributed by atoms with Gasteiger partial charge in [-0.05, 0) is 57.4 Å². The summed E-state index contributed by atoms with van der Waals surface area (Å²) in [6.45, 7) is 5.90. The fourth-order valence-electron chi connectivity index (χ4n) is 2.14. The van der Waals surface area contributed by atoms with Crippen molar-refractivity contribution in [1.82, 2.24) is 4.98 Å². The maximum atomic E-state index is 12.5. The third-order valence-corrected chi connectivity index (χ3v) is 3.16. The maximum absolute atomic E-state index is 12.5. The summed E-state index contributed by atoms with van der Waals surface area (Å²) in [6, 6.07) is 8.92. The minimum atomic E-state index is -4.29. The van der Waals surface area contributed by atoms with Gasteiger partial charge in [-0.3, -0.25) is 4.98 Å². The van der Waals surface area contributed by atoms with Crippen LogP contribution in [0.1, 0.15) is 37.6 Å². The van der Waals surface area contributed by atoms with Crippen LogP contribution in [0.2, 0.25) is 0 Å². The van der Waals surface area contributed by atoms with Gasteiger partial charge >= 0.3 is 6.18 Å². The molecule has 0 atom stereocenters. The standard InChI is InChI=1S/C18H20F3NO/c1-17(2,3)23-16-10-11-22-15(12-16)9-6-13-4-7-14(8-5-13)18(19,20)21/h4-5,7-8,10-12H,6,9H2,1-3H3. The van der Waals surface area contributed by atoms with E-state index in [1.165, 1.54) is 12.1 Å². The Labute approximate surface area is 134 Å². The Morgan fingerprint density at radius 1 is 0.957 bits per heavy atom. The van der Waals surface area contributed by atoms with Crippen molar-refractivity contribution in [2.45, 2.75) is 45.4 Å². The summed E-state index contributed by atoms with van der Waals surface area (Å²) in [5, 5.41) is 0. The zero-order valence-corrected chi connectivity index (χ0v) is 13.4. The number of halogens is 3. The summed E-state index contributed by atoms with van der Waals surface area (Å²) in [4.78, 5) is 4.28. The Kier molecular flexibility index (Phi) is 4.97. The van der Waals surface area contributed by atoms with E-state index in [4.69, 9.17) is 4.74 Å².